The zero-order chi connectivity index (χ0) is 21.9. The van der Waals surface area contributed by atoms with E-state index in [2.05, 4.69) is 20.3 Å². The van der Waals surface area contributed by atoms with Gasteiger partial charge in [0.2, 0.25) is 0 Å². The zero-order valence-corrected chi connectivity index (χ0v) is 16.6. The van der Waals surface area contributed by atoms with E-state index in [-0.39, 0.29) is 17.1 Å². The van der Waals surface area contributed by atoms with Crippen LogP contribution in [0.2, 0.25) is 0 Å². The van der Waals surface area contributed by atoms with Gasteiger partial charge in [0.25, 0.3) is 0 Å². The van der Waals surface area contributed by atoms with Crippen LogP contribution in [0, 0.1) is 5.82 Å². The first-order chi connectivity index (χ1) is 14.3. The van der Waals surface area contributed by atoms with Gasteiger partial charge in [0.15, 0.2) is 5.84 Å². The molecule has 0 atom stereocenters. The fourth-order valence-electron chi connectivity index (χ4n) is 3.01. The molecule has 0 spiro atoms. The van der Waals surface area contributed by atoms with Crippen molar-refractivity contribution in [3.05, 3.63) is 76.9 Å². The van der Waals surface area contributed by atoms with Crippen LogP contribution in [0.1, 0.15) is 36.4 Å². The van der Waals surface area contributed by atoms with Crippen LogP contribution in [0.25, 0.3) is 5.69 Å². The highest BCUT2D eigenvalue weighted by atomic mass is 19.4. The standard InChI is InChI=1S/C21H19F4N5/c1-4-17-19(28-29-30(17)18-11-6-5-10-16(18)22)13(2)27-20(26-3)14-8-7-9-15(12-14)21(23,24)25/h5-12H,4H2,1-3H3. The van der Waals surface area contributed by atoms with E-state index in [0.717, 1.165) is 12.1 Å². The third kappa shape index (κ3) is 4.29. The van der Waals surface area contributed by atoms with Crippen LogP contribution in [0.4, 0.5) is 17.6 Å². The van der Waals surface area contributed by atoms with E-state index in [4.69, 9.17) is 0 Å². The van der Waals surface area contributed by atoms with Gasteiger partial charge in [-0.1, -0.05) is 36.4 Å². The summed E-state index contributed by atoms with van der Waals surface area (Å²) in [6.07, 6.45) is -3.98. The lowest BCUT2D eigenvalue weighted by atomic mass is 10.1. The van der Waals surface area contributed by atoms with Crippen molar-refractivity contribution in [3.8, 4) is 5.69 Å². The van der Waals surface area contributed by atoms with Crippen LogP contribution < -0.4 is 0 Å². The zero-order valence-electron chi connectivity index (χ0n) is 16.6. The minimum atomic E-state index is -4.47. The molecule has 0 aliphatic carbocycles. The van der Waals surface area contributed by atoms with E-state index in [1.807, 2.05) is 6.92 Å². The average Bonchev–Trinajstić information content (AvgIpc) is 3.15. The number of hydrogen-bond donors (Lipinski definition) is 0. The lowest BCUT2D eigenvalue weighted by Crippen LogP contribution is -2.10. The highest BCUT2D eigenvalue weighted by Gasteiger charge is 2.30. The summed E-state index contributed by atoms with van der Waals surface area (Å²) in [6, 6.07) is 11.0. The molecular formula is C21H19F4N5. The lowest BCUT2D eigenvalue weighted by molar-refractivity contribution is -0.137. The first-order valence-corrected chi connectivity index (χ1v) is 9.15. The summed E-state index contributed by atoms with van der Waals surface area (Å²) in [4.78, 5) is 8.41. The molecule has 0 N–H and O–H groups in total. The molecule has 1 heterocycles. The van der Waals surface area contributed by atoms with Crippen molar-refractivity contribution in [2.75, 3.05) is 7.05 Å². The van der Waals surface area contributed by atoms with Gasteiger partial charge in [-0.05, 0) is 37.6 Å². The van der Waals surface area contributed by atoms with Crippen LogP contribution in [0.5, 0.6) is 0 Å². The third-order valence-corrected chi connectivity index (χ3v) is 4.45. The Bertz CT molecular complexity index is 1110. The number of halogens is 4. The SMILES string of the molecule is CCc1c(C(C)=NC(=NC)c2cccc(C(F)(F)F)c2)nnn1-c1ccccc1F. The summed E-state index contributed by atoms with van der Waals surface area (Å²) in [5.74, 6) is -0.320. The topological polar surface area (TPSA) is 55.4 Å². The Morgan fingerprint density at radius 1 is 1.10 bits per heavy atom. The minimum Gasteiger partial charge on any atom is -0.270 e. The maximum atomic E-state index is 14.2. The molecular weight excluding hydrogens is 398 g/mol. The van der Waals surface area contributed by atoms with Gasteiger partial charge >= 0.3 is 6.18 Å². The van der Waals surface area contributed by atoms with Gasteiger partial charge in [-0.25, -0.2) is 14.1 Å². The van der Waals surface area contributed by atoms with E-state index >= 15 is 0 Å². The van der Waals surface area contributed by atoms with Crippen molar-refractivity contribution < 1.29 is 17.6 Å². The molecule has 0 aliphatic heterocycles. The Morgan fingerprint density at radius 2 is 1.83 bits per heavy atom. The summed E-state index contributed by atoms with van der Waals surface area (Å²) in [5, 5.41) is 8.17. The Kier molecular flexibility index (Phi) is 6.09. The molecule has 0 radical (unpaired) electrons. The second-order valence-electron chi connectivity index (χ2n) is 6.42. The number of rotatable bonds is 4. The van der Waals surface area contributed by atoms with Crippen LogP contribution >= 0.6 is 0 Å². The van der Waals surface area contributed by atoms with Crippen molar-refractivity contribution in [1.29, 1.82) is 0 Å². The second-order valence-corrected chi connectivity index (χ2v) is 6.42. The van der Waals surface area contributed by atoms with Gasteiger partial charge in [0.05, 0.1) is 17.0 Å². The normalized spacial score (nSPS) is 13.0. The molecule has 3 rings (SSSR count). The van der Waals surface area contributed by atoms with Gasteiger partial charge in [-0.3, -0.25) is 4.99 Å². The fraction of sp³-hybridized carbons (Fsp3) is 0.238. The molecule has 0 fully saturated rings. The number of benzene rings is 2. The average molecular weight is 417 g/mol. The predicted molar refractivity (Wildman–Crippen MR) is 107 cm³/mol. The quantitative estimate of drug-likeness (QED) is 0.345. The molecule has 0 amide bonds. The van der Waals surface area contributed by atoms with Crippen molar-refractivity contribution >= 4 is 11.5 Å². The van der Waals surface area contributed by atoms with Crippen LogP contribution in [-0.4, -0.2) is 33.6 Å². The molecule has 0 aliphatic rings. The minimum absolute atomic E-state index is 0.126. The van der Waals surface area contributed by atoms with Crippen molar-refractivity contribution in [2.24, 2.45) is 9.98 Å². The molecule has 3 aromatic rings. The molecule has 1 aromatic heterocycles. The molecule has 156 valence electrons. The molecule has 0 unspecified atom stereocenters. The van der Waals surface area contributed by atoms with Crippen molar-refractivity contribution in [3.63, 3.8) is 0 Å². The monoisotopic (exact) mass is 417 g/mol. The van der Waals surface area contributed by atoms with Crippen LogP contribution in [0.3, 0.4) is 0 Å². The maximum absolute atomic E-state index is 14.2. The number of nitrogens with zero attached hydrogens (tertiary/aromatic N) is 5. The van der Waals surface area contributed by atoms with Gasteiger partial charge < -0.3 is 0 Å². The van der Waals surface area contributed by atoms with Gasteiger partial charge in [0.1, 0.15) is 17.2 Å². The number of aliphatic imine (C=N–C) groups is 2. The van der Waals surface area contributed by atoms with Gasteiger partial charge in [-0.2, -0.15) is 13.2 Å². The first kappa shape index (κ1) is 21.4. The van der Waals surface area contributed by atoms with E-state index in [9.17, 15) is 17.6 Å². The highest BCUT2D eigenvalue weighted by molar-refractivity contribution is 6.11. The summed E-state index contributed by atoms with van der Waals surface area (Å²) in [7, 11) is 1.45. The Labute approximate surface area is 170 Å². The number of hydrogen-bond acceptors (Lipinski definition) is 3. The number of alkyl halides is 3. The lowest BCUT2D eigenvalue weighted by Gasteiger charge is -2.09. The summed E-state index contributed by atoms with van der Waals surface area (Å²) in [6.45, 7) is 3.53. The molecule has 30 heavy (non-hydrogen) atoms. The first-order valence-electron chi connectivity index (χ1n) is 9.15. The fourth-order valence-corrected chi connectivity index (χ4v) is 3.01. The number of aromatic nitrogens is 3. The van der Waals surface area contributed by atoms with Crippen LogP contribution in [-0.2, 0) is 12.6 Å². The maximum Gasteiger partial charge on any atom is 0.416 e. The highest BCUT2D eigenvalue weighted by Crippen LogP contribution is 2.29. The molecule has 9 heteroatoms. The summed E-state index contributed by atoms with van der Waals surface area (Å²) >= 11 is 0. The van der Waals surface area contributed by atoms with E-state index < -0.39 is 17.6 Å². The Hall–Kier alpha value is -3.36. The second kappa shape index (κ2) is 8.56. The van der Waals surface area contributed by atoms with Gasteiger partial charge in [-0.15, -0.1) is 5.10 Å². The van der Waals surface area contributed by atoms with Crippen molar-refractivity contribution in [2.45, 2.75) is 26.4 Å². The largest absolute Gasteiger partial charge is 0.416 e. The Balaban J connectivity index is 2.02. The molecule has 0 bridgehead atoms. The number of para-hydroxylation sites is 1. The molecule has 0 saturated heterocycles. The molecule has 0 saturated carbocycles. The molecule has 2 aromatic carbocycles. The Morgan fingerprint density at radius 3 is 2.47 bits per heavy atom. The van der Waals surface area contributed by atoms with E-state index in [0.29, 0.717) is 23.5 Å². The summed E-state index contributed by atoms with van der Waals surface area (Å²) in [5.41, 5.74) is 1.16. The predicted octanol–water partition coefficient (Wildman–Crippen LogP) is 4.87. The molecule has 5 nitrogen and oxygen atoms in total. The third-order valence-electron chi connectivity index (χ3n) is 4.45. The van der Waals surface area contributed by atoms with Crippen LogP contribution in [0.15, 0.2) is 58.5 Å². The summed E-state index contributed by atoms with van der Waals surface area (Å²) < 4.78 is 54.7. The smallest absolute Gasteiger partial charge is 0.270 e. The van der Waals surface area contributed by atoms with Gasteiger partial charge in [0, 0.05) is 12.6 Å². The number of amidine groups is 1. The van der Waals surface area contributed by atoms with Crippen molar-refractivity contribution in [1.82, 2.24) is 15.0 Å². The van der Waals surface area contributed by atoms with E-state index in [1.54, 1.807) is 25.1 Å². The van der Waals surface area contributed by atoms with E-state index in [1.165, 1.54) is 29.9 Å².